The van der Waals surface area contributed by atoms with E-state index >= 15 is 0 Å². The molecule has 0 radical (unpaired) electrons. The number of rotatable bonds is 6. The lowest BCUT2D eigenvalue weighted by Gasteiger charge is -2.19. The minimum absolute atomic E-state index is 0.123. The van der Waals surface area contributed by atoms with E-state index in [1.54, 1.807) is 14.0 Å². The molecule has 100 valence electrons. The van der Waals surface area contributed by atoms with Crippen molar-refractivity contribution in [1.82, 2.24) is 5.32 Å². The van der Waals surface area contributed by atoms with Gasteiger partial charge in [-0.25, -0.2) is 9.18 Å². The van der Waals surface area contributed by atoms with Gasteiger partial charge in [-0.1, -0.05) is 6.92 Å². The fourth-order valence-electron chi connectivity index (χ4n) is 1.58. The van der Waals surface area contributed by atoms with Gasteiger partial charge in [0.1, 0.15) is 11.6 Å². The van der Waals surface area contributed by atoms with Crippen molar-refractivity contribution >= 4 is 5.97 Å². The molecule has 0 amide bonds. The molecule has 1 aromatic carbocycles. The zero-order chi connectivity index (χ0) is 13.7. The van der Waals surface area contributed by atoms with Gasteiger partial charge in [0.15, 0.2) is 6.10 Å². The predicted octanol–water partition coefficient (Wildman–Crippen LogP) is 2.35. The normalized spacial score (nSPS) is 14.0. The number of ether oxygens (including phenoxy) is 1. The highest BCUT2D eigenvalue weighted by molar-refractivity contribution is 5.72. The fourth-order valence-corrected chi connectivity index (χ4v) is 1.58. The third kappa shape index (κ3) is 3.43. The van der Waals surface area contributed by atoms with E-state index in [0.717, 1.165) is 0 Å². The first-order chi connectivity index (χ1) is 8.49. The summed E-state index contributed by atoms with van der Waals surface area (Å²) in [6, 6.07) is 3.95. The summed E-state index contributed by atoms with van der Waals surface area (Å²) in [5.41, 5.74) is 0.609. The largest absolute Gasteiger partial charge is 0.479 e. The van der Waals surface area contributed by atoms with E-state index in [1.165, 1.54) is 18.2 Å². The Labute approximate surface area is 106 Å². The Bertz CT molecular complexity index is 423. The molecule has 18 heavy (non-hydrogen) atoms. The van der Waals surface area contributed by atoms with E-state index in [0.29, 0.717) is 17.7 Å². The van der Waals surface area contributed by atoms with Crippen LogP contribution in [0.3, 0.4) is 0 Å². The van der Waals surface area contributed by atoms with Crippen LogP contribution in [-0.2, 0) is 4.79 Å². The van der Waals surface area contributed by atoms with Gasteiger partial charge in [0.2, 0.25) is 0 Å². The fraction of sp³-hybridized carbons (Fsp3) is 0.462. The Kier molecular flexibility index (Phi) is 5.09. The predicted molar refractivity (Wildman–Crippen MR) is 66.2 cm³/mol. The molecule has 2 N–H and O–H groups in total. The topological polar surface area (TPSA) is 58.6 Å². The quantitative estimate of drug-likeness (QED) is 0.819. The van der Waals surface area contributed by atoms with E-state index in [4.69, 9.17) is 9.84 Å². The van der Waals surface area contributed by atoms with Gasteiger partial charge in [-0.2, -0.15) is 0 Å². The highest BCUT2D eigenvalue weighted by Crippen LogP contribution is 2.27. The van der Waals surface area contributed by atoms with Gasteiger partial charge < -0.3 is 15.2 Å². The van der Waals surface area contributed by atoms with Crippen LogP contribution in [0.25, 0.3) is 0 Å². The van der Waals surface area contributed by atoms with Gasteiger partial charge in [0.25, 0.3) is 0 Å². The number of carboxylic acids is 1. The van der Waals surface area contributed by atoms with Crippen LogP contribution in [0.1, 0.15) is 31.9 Å². The van der Waals surface area contributed by atoms with Crippen molar-refractivity contribution in [3.8, 4) is 5.75 Å². The summed E-state index contributed by atoms with van der Waals surface area (Å²) in [5, 5.41) is 11.9. The smallest absolute Gasteiger partial charge is 0.344 e. The lowest BCUT2D eigenvalue weighted by molar-refractivity contribution is -0.145. The number of hydrogen-bond acceptors (Lipinski definition) is 3. The van der Waals surface area contributed by atoms with E-state index < -0.39 is 12.1 Å². The molecule has 2 unspecified atom stereocenters. The summed E-state index contributed by atoms with van der Waals surface area (Å²) in [4.78, 5) is 10.9. The van der Waals surface area contributed by atoms with Crippen LogP contribution in [0, 0.1) is 5.82 Å². The summed E-state index contributed by atoms with van der Waals surface area (Å²) < 4.78 is 18.7. The third-order valence-corrected chi connectivity index (χ3v) is 2.79. The van der Waals surface area contributed by atoms with E-state index in [9.17, 15) is 9.18 Å². The first-order valence-corrected chi connectivity index (χ1v) is 5.85. The Hall–Kier alpha value is -1.62. The number of halogens is 1. The highest BCUT2D eigenvalue weighted by atomic mass is 19.1. The van der Waals surface area contributed by atoms with Crippen molar-refractivity contribution in [2.75, 3.05) is 7.05 Å². The van der Waals surface area contributed by atoms with E-state index in [1.807, 2.05) is 6.92 Å². The second kappa shape index (κ2) is 6.35. The molecular weight excluding hydrogens is 237 g/mol. The first-order valence-electron chi connectivity index (χ1n) is 5.85. The maximum atomic E-state index is 13.2. The number of hydrogen-bond donors (Lipinski definition) is 2. The molecule has 0 bridgehead atoms. The number of nitrogens with one attached hydrogen (secondary N) is 1. The molecule has 1 aromatic rings. The molecule has 2 atom stereocenters. The monoisotopic (exact) mass is 255 g/mol. The van der Waals surface area contributed by atoms with E-state index in [-0.39, 0.29) is 11.9 Å². The summed E-state index contributed by atoms with van der Waals surface area (Å²) >= 11 is 0. The van der Waals surface area contributed by atoms with Crippen LogP contribution < -0.4 is 10.1 Å². The van der Waals surface area contributed by atoms with Crippen molar-refractivity contribution in [2.24, 2.45) is 0 Å². The zero-order valence-electron chi connectivity index (χ0n) is 10.7. The standard InChI is InChI=1S/C13H18FNO3/c1-4-11(13(16)17)18-12-6-5-9(14)7-10(12)8(2)15-3/h5-8,11,15H,4H2,1-3H3,(H,16,17). The Balaban J connectivity index is 3.04. The second-order valence-corrected chi connectivity index (χ2v) is 4.05. The highest BCUT2D eigenvalue weighted by Gasteiger charge is 2.20. The molecule has 5 heteroatoms. The summed E-state index contributed by atoms with van der Waals surface area (Å²) in [6.07, 6.45) is -0.571. The lowest BCUT2D eigenvalue weighted by atomic mass is 10.1. The van der Waals surface area contributed by atoms with Gasteiger partial charge in [0, 0.05) is 11.6 Å². The van der Waals surface area contributed by atoms with Gasteiger partial charge in [-0.15, -0.1) is 0 Å². The van der Waals surface area contributed by atoms with Crippen molar-refractivity contribution in [3.63, 3.8) is 0 Å². The molecule has 0 aliphatic heterocycles. The molecule has 0 saturated heterocycles. The minimum Gasteiger partial charge on any atom is -0.479 e. The Morgan fingerprint density at radius 3 is 2.72 bits per heavy atom. The molecule has 0 saturated carbocycles. The lowest BCUT2D eigenvalue weighted by Crippen LogP contribution is -2.27. The summed E-state index contributed by atoms with van der Waals surface area (Å²) in [7, 11) is 1.74. The number of carbonyl (C=O) groups is 1. The molecule has 0 heterocycles. The molecule has 0 aliphatic carbocycles. The molecular formula is C13H18FNO3. The Morgan fingerprint density at radius 2 is 2.22 bits per heavy atom. The summed E-state index contributed by atoms with van der Waals surface area (Å²) in [6.45, 7) is 3.58. The average molecular weight is 255 g/mol. The molecule has 1 rings (SSSR count). The summed E-state index contributed by atoms with van der Waals surface area (Å²) in [5.74, 6) is -1.000. The van der Waals surface area contributed by atoms with Crippen molar-refractivity contribution in [2.45, 2.75) is 32.4 Å². The van der Waals surface area contributed by atoms with Crippen LogP contribution in [0.15, 0.2) is 18.2 Å². The average Bonchev–Trinajstić information content (AvgIpc) is 2.35. The van der Waals surface area contributed by atoms with Gasteiger partial charge in [0.05, 0.1) is 0 Å². The molecule has 0 aromatic heterocycles. The molecule has 0 aliphatic rings. The van der Waals surface area contributed by atoms with Crippen LogP contribution in [0.2, 0.25) is 0 Å². The number of aliphatic carboxylic acids is 1. The number of carboxylic acid groups (broad SMARTS) is 1. The van der Waals surface area contributed by atoms with Gasteiger partial charge in [-0.05, 0) is 38.6 Å². The van der Waals surface area contributed by atoms with Gasteiger partial charge >= 0.3 is 5.97 Å². The molecule has 4 nitrogen and oxygen atoms in total. The minimum atomic E-state index is -1.02. The van der Waals surface area contributed by atoms with Crippen LogP contribution in [0.4, 0.5) is 4.39 Å². The van der Waals surface area contributed by atoms with Crippen molar-refractivity contribution in [3.05, 3.63) is 29.6 Å². The third-order valence-electron chi connectivity index (χ3n) is 2.79. The first kappa shape index (κ1) is 14.4. The van der Waals surface area contributed by atoms with Crippen molar-refractivity contribution < 1.29 is 19.0 Å². The number of benzene rings is 1. The second-order valence-electron chi connectivity index (χ2n) is 4.05. The maximum Gasteiger partial charge on any atom is 0.344 e. The van der Waals surface area contributed by atoms with Crippen LogP contribution in [-0.4, -0.2) is 24.2 Å². The maximum absolute atomic E-state index is 13.2. The van der Waals surface area contributed by atoms with Crippen LogP contribution in [0.5, 0.6) is 5.75 Å². The zero-order valence-corrected chi connectivity index (χ0v) is 10.7. The van der Waals surface area contributed by atoms with E-state index in [2.05, 4.69) is 5.32 Å². The molecule has 0 fully saturated rings. The van der Waals surface area contributed by atoms with Crippen LogP contribution >= 0.6 is 0 Å². The van der Waals surface area contributed by atoms with Gasteiger partial charge in [-0.3, -0.25) is 0 Å². The molecule has 0 spiro atoms. The SMILES string of the molecule is CCC(Oc1ccc(F)cc1C(C)NC)C(=O)O. The van der Waals surface area contributed by atoms with Crippen molar-refractivity contribution in [1.29, 1.82) is 0 Å². The Morgan fingerprint density at radius 1 is 1.56 bits per heavy atom.